The van der Waals surface area contributed by atoms with E-state index < -0.39 is 0 Å². The summed E-state index contributed by atoms with van der Waals surface area (Å²) in [5.74, 6) is 1.01. The highest BCUT2D eigenvalue weighted by molar-refractivity contribution is 6.11. The Morgan fingerprint density at radius 1 is 0.850 bits per heavy atom. The molecule has 0 fully saturated rings. The van der Waals surface area contributed by atoms with E-state index in [9.17, 15) is 0 Å². The smallest absolute Gasteiger partial charge is 0.140 e. The number of benzene rings is 3. The number of hydrogen-bond donors (Lipinski definition) is 0. The van der Waals surface area contributed by atoms with Gasteiger partial charge in [0.15, 0.2) is 0 Å². The molecule has 2 nitrogen and oxygen atoms in total. The van der Waals surface area contributed by atoms with E-state index in [-0.39, 0.29) is 0 Å². The van der Waals surface area contributed by atoms with Gasteiger partial charge in [0.25, 0.3) is 0 Å². The van der Waals surface area contributed by atoms with Crippen LogP contribution in [0.15, 0.2) is 67.0 Å². The van der Waals surface area contributed by atoms with Gasteiger partial charge in [-0.25, -0.2) is 4.98 Å². The van der Waals surface area contributed by atoms with E-state index in [0.29, 0.717) is 0 Å². The van der Waals surface area contributed by atoms with Crippen LogP contribution in [-0.4, -0.2) is 9.55 Å². The van der Waals surface area contributed by atoms with Gasteiger partial charge < -0.3 is 4.57 Å². The van der Waals surface area contributed by atoms with Crippen molar-refractivity contribution in [3.63, 3.8) is 0 Å². The van der Waals surface area contributed by atoms with Crippen molar-refractivity contribution >= 4 is 21.5 Å². The molecule has 0 saturated heterocycles. The molecule has 3 aromatic carbocycles. The first-order valence-electron chi connectivity index (χ1n) is 6.73. The second-order valence-corrected chi connectivity index (χ2v) is 5.06. The molecule has 0 amide bonds. The Morgan fingerprint density at radius 2 is 1.45 bits per heavy atom. The average Bonchev–Trinajstić information content (AvgIpc) is 2.90. The first-order chi connectivity index (χ1) is 9.84. The van der Waals surface area contributed by atoms with Gasteiger partial charge in [-0.3, -0.25) is 0 Å². The summed E-state index contributed by atoms with van der Waals surface area (Å²) in [6, 6.07) is 19.3. The molecule has 0 aliphatic heterocycles. The molecule has 0 bridgehead atoms. The highest BCUT2D eigenvalue weighted by Crippen LogP contribution is 2.35. The normalized spacial score (nSPS) is 11.2. The zero-order valence-electron chi connectivity index (χ0n) is 11.2. The molecule has 1 heterocycles. The summed E-state index contributed by atoms with van der Waals surface area (Å²) in [4.78, 5) is 4.55. The number of aryl methyl sites for hydroxylation is 1. The van der Waals surface area contributed by atoms with Crippen molar-refractivity contribution in [3.8, 4) is 11.4 Å². The van der Waals surface area contributed by atoms with E-state index in [1.54, 1.807) is 0 Å². The predicted octanol–water partition coefficient (Wildman–Crippen LogP) is 4.39. The van der Waals surface area contributed by atoms with Crippen LogP contribution in [0, 0.1) is 0 Å². The Balaban J connectivity index is 2.26. The Kier molecular flexibility index (Phi) is 2.36. The minimum Gasteiger partial charge on any atom is -0.334 e. The van der Waals surface area contributed by atoms with Gasteiger partial charge >= 0.3 is 0 Å². The lowest BCUT2D eigenvalue weighted by atomic mass is 9.96. The number of rotatable bonds is 1. The minimum absolute atomic E-state index is 1.01. The van der Waals surface area contributed by atoms with Gasteiger partial charge in [0.1, 0.15) is 5.82 Å². The van der Waals surface area contributed by atoms with E-state index >= 15 is 0 Å². The van der Waals surface area contributed by atoms with Gasteiger partial charge in [-0.05, 0) is 27.6 Å². The van der Waals surface area contributed by atoms with Crippen LogP contribution >= 0.6 is 0 Å². The lowest BCUT2D eigenvalue weighted by molar-refractivity contribution is 0.927. The van der Waals surface area contributed by atoms with Crippen molar-refractivity contribution in [2.75, 3.05) is 0 Å². The molecule has 0 radical (unpaired) electrons. The summed E-state index contributed by atoms with van der Waals surface area (Å²) in [6.07, 6.45) is 3.84. The van der Waals surface area contributed by atoms with Gasteiger partial charge in [-0.2, -0.15) is 0 Å². The molecule has 4 rings (SSSR count). The van der Waals surface area contributed by atoms with Gasteiger partial charge in [-0.15, -0.1) is 0 Å². The van der Waals surface area contributed by atoms with Crippen LogP contribution in [0.4, 0.5) is 0 Å². The van der Waals surface area contributed by atoms with Crippen LogP contribution in [0.5, 0.6) is 0 Å². The number of nitrogens with zero attached hydrogens (tertiary/aromatic N) is 2. The Labute approximate surface area is 117 Å². The Morgan fingerprint density at radius 3 is 2.00 bits per heavy atom. The summed E-state index contributed by atoms with van der Waals surface area (Å²) < 4.78 is 2.08. The maximum absolute atomic E-state index is 4.55. The Hall–Kier alpha value is -2.61. The average molecular weight is 258 g/mol. The van der Waals surface area contributed by atoms with E-state index in [4.69, 9.17) is 0 Å². The van der Waals surface area contributed by atoms with Gasteiger partial charge in [0.05, 0.1) is 0 Å². The third-order valence-electron chi connectivity index (χ3n) is 3.82. The third kappa shape index (κ3) is 1.55. The molecule has 0 aliphatic rings. The molecule has 0 unspecified atom stereocenters. The van der Waals surface area contributed by atoms with Crippen LogP contribution in [0.25, 0.3) is 32.9 Å². The molecular formula is C18H14N2. The topological polar surface area (TPSA) is 17.8 Å². The second kappa shape index (κ2) is 4.20. The molecule has 0 saturated carbocycles. The van der Waals surface area contributed by atoms with Crippen LogP contribution in [0.3, 0.4) is 0 Å². The van der Waals surface area contributed by atoms with Crippen LogP contribution < -0.4 is 0 Å². The summed E-state index contributed by atoms with van der Waals surface area (Å²) >= 11 is 0. The fourth-order valence-corrected chi connectivity index (χ4v) is 2.86. The van der Waals surface area contributed by atoms with Gasteiger partial charge in [-0.1, -0.05) is 48.5 Å². The molecule has 0 atom stereocenters. The monoisotopic (exact) mass is 258 g/mol. The maximum atomic E-state index is 4.55. The fraction of sp³-hybridized carbons (Fsp3) is 0.0556. The van der Waals surface area contributed by atoms with Crippen molar-refractivity contribution in [2.45, 2.75) is 0 Å². The highest BCUT2D eigenvalue weighted by atomic mass is 15.0. The van der Waals surface area contributed by atoms with E-state index in [1.807, 2.05) is 19.4 Å². The molecule has 20 heavy (non-hydrogen) atoms. The van der Waals surface area contributed by atoms with Crippen molar-refractivity contribution in [1.29, 1.82) is 0 Å². The van der Waals surface area contributed by atoms with Crippen molar-refractivity contribution in [2.24, 2.45) is 7.05 Å². The predicted molar refractivity (Wildman–Crippen MR) is 83.7 cm³/mol. The van der Waals surface area contributed by atoms with Crippen LogP contribution in [0.2, 0.25) is 0 Å². The highest BCUT2D eigenvalue weighted by Gasteiger charge is 2.12. The zero-order chi connectivity index (χ0) is 13.5. The first kappa shape index (κ1) is 11.2. The van der Waals surface area contributed by atoms with Crippen molar-refractivity contribution in [3.05, 3.63) is 67.0 Å². The van der Waals surface area contributed by atoms with Crippen LogP contribution in [0.1, 0.15) is 0 Å². The molecule has 4 aromatic rings. The standard InChI is InChI=1S/C18H14N2/c1-20-11-10-19-18(20)17-15-8-4-2-6-13(15)12-14-7-3-5-9-16(14)17/h2-12H,1H3. The third-order valence-corrected chi connectivity index (χ3v) is 3.82. The molecular weight excluding hydrogens is 244 g/mol. The van der Waals surface area contributed by atoms with Crippen LogP contribution in [-0.2, 0) is 7.05 Å². The maximum Gasteiger partial charge on any atom is 0.140 e. The minimum atomic E-state index is 1.01. The van der Waals surface area contributed by atoms with Crippen molar-refractivity contribution < 1.29 is 0 Å². The fourth-order valence-electron chi connectivity index (χ4n) is 2.86. The summed E-state index contributed by atoms with van der Waals surface area (Å²) in [6.45, 7) is 0. The lowest BCUT2D eigenvalue weighted by Gasteiger charge is -2.11. The lowest BCUT2D eigenvalue weighted by Crippen LogP contribution is -1.93. The largest absolute Gasteiger partial charge is 0.334 e. The Bertz CT molecular complexity index is 865. The number of aromatic nitrogens is 2. The zero-order valence-corrected chi connectivity index (χ0v) is 11.2. The molecule has 1 aromatic heterocycles. The SMILES string of the molecule is Cn1ccnc1-c1c2ccccc2cc2ccccc12. The second-order valence-electron chi connectivity index (χ2n) is 5.06. The van der Waals surface area contributed by atoms with E-state index in [0.717, 1.165) is 5.82 Å². The molecule has 0 N–H and O–H groups in total. The molecule has 0 aliphatic carbocycles. The van der Waals surface area contributed by atoms with E-state index in [2.05, 4.69) is 64.1 Å². The summed E-state index contributed by atoms with van der Waals surface area (Å²) in [7, 11) is 2.04. The molecule has 96 valence electrons. The van der Waals surface area contributed by atoms with Crippen molar-refractivity contribution in [1.82, 2.24) is 9.55 Å². The first-order valence-corrected chi connectivity index (χ1v) is 6.73. The van der Waals surface area contributed by atoms with E-state index in [1.165, 1.54) is 27.1 Å². The summed E-state index contributed by atoms with van der Waals surface area (Å²) in [5.41, 5.74) is 1.21. The quantitative estimate of drug-likeness (QED) is 0.463. The number of imidazole rings is 1. The number of hydrogen-bond acceptors (Lipinski definition) is 1. The van der Waals surface area contributed by atoms with Gasteiger partial charge in [0, 0.05) is 25.0 Å². The number of fused-ring (bicyclic) bond motifs is 2. The molecule has 0 spiro atoms. The molecule has 2 heteroatoms. The summed E-state index contributed by atoms with van der Waals surface area (Å²) in [5, 5.41) is 5.01. The van der Waals surface area contributed by atoms with Gasteiger partial charge in [0.2, 0.25) is 0 Å².